The lowest BCUT2D eigenvalue weighted by atomic mass is 10.1. The maximum absolute atomic E-state index is 5.73. The van der Waals surface area contributed by atoms with E-state index in [1.807, 2.05) is 32.0 Å². The molecule has 0 spiro atoms. The van der Waals surface area contributed by atoms with Crippen molar-refractivity contribution in [3.63, 3.8) is 0 Å². The van der Waals surface area contributed by atoms with Gasteiger partial charge in [-0.1, -0.05) is 12.1 Å². The fourth-order valence-corrected chi connectivity index (χ4v) is 1.40. The summed E-state index contributed by atoms with van der Waals surface area (Å²) >= 11 is 0. The minimum Gasteiger partial charge on any atom is -0.455 e. The van der Waals surface area contributed by atoms with Gasteiger partial charge in [-0.05, 0) is 43.2 Å². The lowest BCUT2D eigenvalue weighted by Gasteiger charge is -2.09. The smallest absolute Gasteiger partial charge is 0.145 e. The molecule has 1 heterocycles. The third kappa shape index (κ3) is 2.31. The van der Waals surface area contributed by atoms with Gasteiger partial charge in [0.05, 0.1) is 6.20 Å². The van der Waals surface area contributed by atoms with Crippen molar-refractivity contribution in [1.29, 1.82) is 0 Å². The molecule has 0 fully saturated rings. The molecule has 0 bridgehead atoms. The average Bonchev–Trinajstić information content (AvgIpc) is 2.27. The molecule has 2 rings (SSSR count). The molecule has 16 heavy (non-hydrogen) atoms. The summed E-state index contributed by atoms with van der Waals surface area (Å²) in [5.74, 6) is 2.04. The van der Waals surface area contributed by atoms with Gasteiger partial charge in [0.25, 0.3) is 0 Å². The van der Waals surface area contributed by atoms with E-state index in [1.165, 1.54) is 5.56 Å². The summed E-state index contributed by atoms with van der Waals surface area (Å²) in [6.45, 7) is 4.05. The SMILES string of the molecule is Cc1ccc(C)c(Oc2ccc(N)nc2)c1. The maximum atomic E-state index is 5.73. The van der Waals surface area contributed by atoms with E-state index in [1.54, 1.807) is 12.3 Å². The number of aromatic nitrogens is 1. The Kier molecular flexibility index (Phi) is 2.77. The minimum absolute atomic E-state index is 0.494. The van der Waals surface area contributed by atoms with Crippen LogP contribution in [0.1, 0.15) is 11.1 Å². The number of nitrogen functional groups attached to an aromatic ring is 1. The Labute approximate surface area is 94.9 Å². The van der Waals surface area contributed by atoms with Crippen LogP contribution in [0.25, 0.3) is 0 Å². The third-order valence-corrected chi connectivity index (χ3v) is 2.33. The summed E-state index contributed by atoms with van der Waals surface area (Å²) in [6, 6.07) is 9.63. The van der Waals surface area contributed by atoms with Crippen molar-refractivity contribution in [1.82, 2.24) is 4.98 Å². The number of hydrogen-bond acceptors (Lipinski definition) is 3. The van der Waals surface area contributed by atoms with Gasteiger partial charge in [0.1, 0.15) is 17.3 Å². The molecular weight excluding hydrogens is 200 g/mol. The highest BCUT2D eigenvalue weighted by Crippen LogP contribution is 2.25. The molecule has 0 aliphatic heterocycles. The first-order valence-electron chi connectivity index (χ1n) is 5.12. The molecule has 2 N–H and O–H groups in total. The molecule has 0 saturated heterocycles. The van der Waals surface area contributed by atoms with E-state index in [9.17, 15) is 0 Å². The van der Waals surface area contributed by atoms with Crippen molar-refractivity contribution < 1.29 is 4.74 Å². The van der Waals surface area contributed by atoms with Crippen molar-refractivity contribution >= 4 is 5.82 Å². The molecule has 0 amide bonds. The number of anilines is 1. The van der Waals surface area contributed by atoms with Crippen LogP contribution >= 0.6 is 0 Å². The van der Waals surface area contributed by atoms with Gasteiger partial charge in [-0.3, -0.25) is 0 Å². The summed E-state index contributed by atoms with van der Waals surface area (Å²) in [5.41, 5.74) is 7.78. The van der Waals surface area contributed by atoms with Crippen LogP contribution in [0.4, 0.5) is 5.82 Å². The van der Waals surface area contributed by atoms with Gasteiger partial charge in [-0.25, -0.2) is 4.98 Å². The van der Waals surface area contributed by atoms with Crippen LogP contribution in [-0.4, -0.2) is 4.98 Å². The second-order valence-corrected chi connectivity index (χ2v) is 3.79. The molecule has 0 aliphatic carbocycles. The first-order valence-corrected chi connectivity index (χ1v) is 5.12. The first-order chi connectivity index (χ1) is 7.65. The molecule has 0 radical (unpaired) electrons. The molecule has 0 atom stereocenters. The monoisotopic (exact) mass is 214 g/mol. The highest BCUT2D eigenvalue weighted by atomic mass is 16.5. The topological polar surface area (TPSA) is 48.1 Å². The van der Waals surface area contributed by atoms with E-state index >= 15 is 0 Å². The number of benzene rings is 1. The van der Waals surface area contributed by atoms with E-state index in [2.05, 4.69) is 11.1 Å². The molecule has 1 aromatic heterocycles. The Morgan fingerprint density at radius 3 is 2.62 bits per heavy atom. The van der Waals surface area contributed by atoms with Gasteiger partial charge in [0, 0.05) is 0 Å². The number of pyridine rings is 1. The Hall–Kier alpha value is -2.03. The highest BCUT2D eigenvalue weighted by Gasteiger charge is 2.01. The summed E-state index contributed by atoms with van der Waals surface area (Å²) in [7, 11) is 0. The molecule has 0 saturated carbocycles. The number of ether oxygens (including phenoxy) is 1. The molecule has 82 valence electrons. The van der Waals surface area contributed by atoms with Gasteiger partial charge in [0.15, 0.2) is 0 Å². The number of nitrogens with two attached hydrogens (primary N) is 1. The van der Waals surface area contributed by atoms with Crippen molar-refractivity contribution in [3.05, 3.63) is 47.7 Å². The van der Waals surface area contributed by atoms with Crippen LogP contribution in [0, 0.1) is 13.8 Å². The van der Waals surface area contributed by atoms with Crippen LogP contribution in [0.5, 0.6) is 11.5 Å². The normalized spacial score (nSPS) is 10.1. The standard InChI is InChI=1S/C13H14N2O/c1-9-3-4-10(2)12(7-9)16-11-5-6-13(14)15-8-11/h3-8H,1-2H3,(H2,14,15). The second-order valence-electron chi connectivity index (χ2n) is 3.79. The lowest BCUT2D eigenvalue weighted by molar-refractivity contribution is 0.476. The second kappa shape index (κ2) is 4.23. The number of nitrogens with zero attached hydrogens (tertiary/aromatic N) is 1. The van der Waals surface area contributed by atoms with Gasteiger partial charge in [-0.2, -0.15) is 0 Å². The molecule has 2 aromatic rings. The van der Waals surface area contributed by atoms with Gasteiger partial charge < -0.3 is 10.5 Å². The van der Waals surface area contributed by atoms with Gasteiger partial charge >= 0.3 is 0 Å². The molecular formula is C13H14N2O. The van der Waals surface area contributed by atoms with Crippen molar-refractivity contribution in [3.8, 4) is 11.5 Å². The Morgan fingerprint density at radius 1 is 1.12 bits per heavy atom. The Balaban J connectivity index is 2.26. The largest absolute Gasteiger partial charge is 0.455 e. The summed E-state index contributed by atoms with van der Waals surface area (Å²) in [4.78, 5) is 3.98. The fraction of sp³-hybridized carbons (Fsp3) is 0.154. The van der Waals surface area contributed by atoms with Crippen LogP contribution in [0.2, 0.25) is 0 Å². The number of hydrogen-bond donors (Lipinski definition) is 1. The zero-order chi connectivity index (χ0) is 11.5. The summed E-state index contributed by atoms with van der Waals surface area (Å²) < 4.78 is 5.73. The zero-order valence-electron chi connectivity index (χ0n) is 9.40. The zero-order valence-corrected chi connectivity index (χ0v) is 9.40. The van der Waals surface area contributed by atoms with Gasteiger partial charge in [-0.15, -0.1) is 0 Å². The lowest BCUT2D eigenvalue weighted by Crippen LogP contribution is -1.92. The predicted molar refractivity (Wildman–Crippen MR) is 64.6 cm³/mol. The fourth-order valence-electron chi connectivity index (χ4n) is 1.40. The van der Waals surface area contributed by atoms with Crippen molar-refractivity contribution in [2.24, 2.45) is 0 Å². The molecule has 3 heteroatoms. The maximum Gasteiger partial charge on any atom is 0.145 e. The quantitative estimate of drug-likeness (QED) is 0.835. The molecule has 0 aliphatic rings. The summed E-state index contributed by atoms with van der Waals surface area (Å²) in [5, 5.41) is 0. The van der Waals surface area contributed by atoms with E-state index in [-0.39, 0.29) is 0 Å². The van der Waals surface area contributed by atoms with E-state index in [0.717, 1.165) is 11.3 Å². The van der Waals surface area contributed by atoms with E-state index in [0.29, 0.717) is 11.6 Å². The van der Waals surface area contributed by atoms with E-state index in [4.69, 9.17) is 10.5 Å². The van der Waals surface area contributed by atoms with Crippen molar-refractivity contribution in [2.75, 3.05) is 5.73 Å². The Bertz CT molecular complexity index is 492. The molecule has 1 aromatic carbocycles. The van der Waals surface area contributed by atoms with Crippen LogP contribution in [0.15, 0.2) is 36.5 Å². The number of rotatable bonds is 2. The van der Waals surface area contributed by atoms with Crippen LogP contribution in [0.3, 0.4) is 0 Å². The minimum atomic E-state index is 0.494. The predicted octanol–water partition coefficient (Wildman–Crippen LogP) is 3.07. The van der Waals surface area contributed by atoms with Crippen molar-refractivity contribution in [2.45, 2.75) is 13.8 Å². The number of aryl methyl sites for hydroxylation is 2. The van der Waals surface area contributed by atoms with Crippen LogP contribution in [-0.2, 0) is 0 Å². The summed E-state index contributed by atoms with van der Waals surface area (Å²) in [6.07, 6.45) is 1.62. The molecule has 0 unspecified atom stereocenters. The van der Waals surface area contributed by atoms with E-state index < -0.39 is 0 Å². The molecule has 3 nitrogen and oxygen atoms in total. The van der Waals surface area contributed by atoms with Crippen LogP contribution < -0.4 is 10.5 Å². The Morgan fingerprint density at radius 2 is 1.94 bits per heavy atom. The van der Waals surface area contributed by atoms with Gasteiger partial charge in [0.2, 0.25) is 0 Å². The first kappa shape index (κ1) is 10.5. The third-order valence-electron chi connectivity index (χ3n) is 2.33. The average molecular weight is 214 g/mol. The highest BCUT2D eigenvalue weighted by molar-refractivity contribution is 5.40.